The predicted octanol–water partition coefficient (Wildman–Crippen LogP) is 1.33. The molecule has 1 aromatic rings. The first-order valence-corrected chi connectivity index (χ1v) is 4.99. The van der Waals surface area contributed by atoms with Crippen molar-refractivity contribution in [2.24, 2.45) is 5.73 Å². The Morgan fingerprint density at radius 1 is 1.64 bits per heavy atom. The van der Waals surface area contributed by atoms with Crippen LogP contribution in [0.15, 0.2) is 12.3 Å². The molecule has 0 radical (unpaired) electrons. The molecule has 2 N–H and O–H groups in total. The summed E-state index contributed by atoms with van der Waals surface area (Å²) >= 11 is 0. The van der Waals surface area contributed by atoms with Crippen LogP contribution in [-0.4, -0.2) is 23.0 Å². The highest BCUT2D eigenvalue weighted by molar-refractivity contribution is 5.06. The van der Waals surface area contributed by atoms with Gasteiger partial charge >= 0.3 is 0 Å². The lowest BCUT2D eigenvalue weighted by Crippen LogP contribution is -2.21. The zero-order valence-corrected chi connectivity index (χ0v) is 9.10. The van der Waals surface area contributed by atoms with Gasteiger partial charge in [0.2, 0.25) is 0 Å². The Bertz CT molecular complexity index is 272. The number of hydrogen-bond acceptors (Lipinski definition) is 3. The maximum absolute atomic E-state index is 6.05. The average Bonchev–Trinajstić information content (AvgIpc) is 2.65. The highest BCUT2D eigenvalue weighted by Crippen LogP contribution is 2.16. The van der Waals surface area contributed by atoms with E-state index in [4.69, 9.17) is 10.5 Å². The molecule has 0 amide bonds. The molecule has 0 fully saturated rings. The minimum absolute atomic E-state index is 0.00685. The maximum atomic E-state index is 6.05. The van der Waals surface area contributed by atoms with Crippen LogP contribution >= 0.6 is 0 Å². The van der Waals surface area contributed by atoms with Gasteiger partial charge in [-0.1, -0.05) is 0 Å². The molecule has 0 aliphatic heterocycles. The third-order valence-corrected chi connectivity index (χ3v) is 2.42. The van der Waals surface area contributed by atoms with Crippen LogP contribution in [0, 0.1) is 0 Å². The summed E-state index contributed by atoms with van der Waals surface area (Å²) < 4.78 is 7.11. The first kappa shape index (κ1) is 11.2. The van der Waals surface area contributed by atoms with Gasteiger partial charge < -0.3 is 10.5 Å². The summed E-state index contributed by atoms with van der Waals surface area (Å²) in [6, 6.07) is 1.98. The second-order valence-corrected chi connectivity index (χ2v) is 3.46. The van der Waals surface area contributed by atoms with Crippen LogP contribution in [0.5, 0.6) is 0 Å². The molecule has 4 heteroatoms. The van der Waals surface area contributed by atoms with Crippen molar-refractivity contribution in [1.29, 1.82) is 0 Å². The van der Waals surface area contributed by atoms with Crippen molar-refractivity contribution in [3.63, 3.8) is 0 Å². The molecule has 0 bridgehead atoms. The molecule has 0 aliphatic carbocycles. The largest absolute Gasteiger partial charge is 0.382 e. The third-order valence-electron chi connectivity index (χ3n) is 2.42. The van der Waals surface area contributed by atoms with Crippen molar-refractivity contribution in [3.05, 3.63) is 18.0 Å². The molecule has 0 saturated heterocycles. The van der Waals surface area contributed by atoms with Gasteiger partial charge in [-0.2, -0.15) is 5.10 Å². The molecule has 2 unspecified atom stereocenters. The highest BCUT2D eigenvalue weighted by Gasteiger charge is 2.13. The van der Waals surface area contributed by atoms with Gasteiger partial charge in [-0.25, -0.2) is 0 Å². The standard InChI is InChI=1S/C10H19N3O/c1-4-13-10(5-6-12-13)9(11)7-8(2)14-3/h5-6,8-9H,4,7,11H2,1-3H3. The zero-order chi connectivity index (χ0) is 10.6. The van der Waals surface area contributed by atoms with E-state index in [9.17, 15) is 0 Å². The smallest absolute Gasteiger partial charge is 0.0561 e. The normalized spacial score (nSPS) is 15.4. The van der Waals surface area contributed by atoms with Crippen molar-refractivity contribution in [3.8, 4) is 0 Å². The number of aromatic nitrogens is 2. The predicted molar refractivity (Wildman–Crippen MR) is 55.9 cm³/mol. The molecule has 1 rings (SSSR count). The third kappa shape index (κ3) is 2.56. The van der Waals surface area contributed by atoms with E-state index >= 15 is 0 Å². The molecule has 14 heavy (non-hydrogen) atoms. The molecule has 1 heterocycles. The van der Waals surface area contributed by atoms with Gasteiger partial charge in [0.05, 0.1) is 11.8 Å². The summed E-state index contributed by atoms with van der Waals surface area (Å²) in [5, 5.41) is 4.18. The topological polar surface area (TPSA) is 53.1 Å². The highest BCUT2D eigenvalue weighted by atomic mass is 16.5. The van der Waals surface area contributed by atoms with Crippen molar-refractivity contribution in [1.82, 2.24) is 9.78 Å². The fourth-order valence-electron chi connectivity index (χ4n) is 1.50. The van der Waals surface area contributed by atoms with Crippen molar-refractivity contribution in [2.75, 3.05) is 7.11 Å². The number of aryl methyl sites for hydroxylation is 1. The van der Waals surface area contributed by atoms with E-state index in [1.54, 1.807) is 13.3 Å². The fraction of sp³-hybridized carbons (Fsp3) is 0.700. The van der Waals surface area contributed by atoms with Gasteiger partial charge in [-0.15, -0.1) is 0 Å². The Kier molecular flexibility index (Phi) is 4.10. The molecule has 0 aromatic carbocycles. The first-order valence-electron chi connectivity index (χ1n) is 4.99. The zero-order valence-electron chi connectivity index (χ0n) is 9.10. The van der Waals surface area contributed by atoms with E-state index in [0.29, 0.717) is 0 Å². The molecule has 2 atom stereocenters. The molecule has 0 saturated carbocycles. The summed E-state index contributed by atoms with van der Waals surface area (Å²) in [7, 11) is 1.70. The summed E-state index contributed by atoms with van der Waals surface area (Å²) in [5.41, 5.74) is 7.13. The minimum atomic E-state index is 0.00685. The Morgan fingerprint density at radius 2 is 2.36 bits per heavy atom. The van der Waals surface area contributed by atoms with Crippen molar-refractivity contribution >= 4 is 0 Å². The van der Waals surface area contributed by atoms with Gasteiger partial charge in [0, 0.05) is 25.9 Å². The van der Waals surface area contributed by atoms with E-state index < -0.39 is 0 Å². The lowest BCUT2D eigenvalue weighted by atomic mass is 10.1. The fourth-order valence-corrected chi connectivity index (χ4v) is 1.50. The number of hydrogen-bond donors (Lipinski definition) is 1. The van der Waals surface area contributed by atoms with Gasteiger partial charge in [-0.3, -0.25) is 4.68 Å². The maximum Gasteiger partial charge on any atom is 0.0561 e. The Balaban J connectivity index is 2.64. The second-order valence-electron chi connectivity index (χ2n) is 3.46. The first-order chi connectivity index (χ1) is 6.69. The van der Waals surface area contributed by atoms with Crippen LogP contribution < -0.4 is 5.73 Å². The lowest BCUT2D eigenvalue weighted by Gasteiger charge is -2.16. The van der Waals surface area contributed by atoms with Crippen LogP contribution in [0.4, 0.5) is 0 Å². The number of methoxy groups -OCH3 is 1. The van der Waals surface area contributed by atoms with E-state index in [-0.39, 0.29) is 12.1 Å². The van der Waals surface area contributed by atoms with Crippen LogP contribution in [0.3, 0.4) is 0 Å². The van der Waals surface area contributed by atoms with Crippen molar-refractivity contribution in [2.45, 2.75) is 39.0 Å². The summed E-state index contributed by atoms with van der Waals surface area (Å²) in [6.07, 6.45) is 2.79. The van der Waals surface area contributed by atoms with Gasteiger partial charge in [-0.05, 0) is 26.3 Å². The molecule has 80 valence electrons. The van der Waals surface area contributed by atoms with Gasteiger partial charge in [0.15, 0.2) is 0 Å². The van der Waals surface area contributed by atoms with E-state index in [1.165, 1.54) is 0 Å². The summed E-state index contributed by atoms with van der Waals surface area (Å²) in [4.78, 5) is 0. The Hall–Kier alpha value is -0.870. The monoisotopic (exact) mass is 197 g/mol. The molecule has 4 nitrogen and oxygen atoms in total. The number of ether oxygens (including phenoxy) is 1. The SMILES string of the molecule is CCn1nccc1C(N)CC(C)OC. The molecular formula is C10H19N3O. The van der Waals surface area contributed by atoms with Crippen LogP contribution in [0.25, 0.3) is 0 Å². The molecule has 0 aliphatic rings. The number of nitrogens with zero attached hydrogens (tertiary/aromatic N) is 2. The quantitative estimate of drug-likeness (QED) is 0.774. The van der Waals surface area contributed by atoms with Crippen LogP contribution in [-0.2, 0) is 11.3 Å². The average molecular weight is 197 g/mol. The van der Waals surface area contributed by atoms with Crippen LogP contribution in [0.2, 0.25) is 0 Å². The van der Waals surface area contributed by atoms with Gasteiger partial charge in [0.25, 0.3) is 0 Å². The molecular weight excluding hydrogens is 178 g/mol. The second kappa shape index (κ2) is 5.12. The molecule has 0 spiro atoms. The van der Waals surface area contributed by atoms with E-state index in [1.807, 2.05) is 17.7 Å². The molecule has 1 aromatic heterocycles. The number of rotatable bonds is 5. The minimum Gasteiger partial charge on any atom is -0.382 e. The van der Waals surface area contributed by atoms with Gasteiger partial charge in [0.1, 0.15) is 0 Å². The Morgan fingerprint density at radius 3 is 2.93 bits per heavy atom. The van der Waals surface area contributed by atoms with E-state index in [2.05, 4.69) is 12.0 Å². The Labute approximate surface area is 85.0 Å². The van der Waals surface area contributed by atoms with Crippen molar-refractivity contribution < 1.29 is 4.74 Å². The number of nitrogens with two attached hydrogens (primary N) is 1. The van der Waals surface area contributed by atoms with Crippen LogP contribution in [0.1, 0.15) is 32.0 Å². The van der Waals surface area contributed by atoms with E-state index in [0.717, 1.165) is 18.7 Å². The lowest BCUT2D eigenvalue weighted by molar-refractivity contribution is 0.104. The summed E-state index contributed by atoms with van der Waals surface area (Å²) in [6.45, 7) is 4.94. The summed E-state index contributed by atoms with van der Waals surface area (Å²) in [5.74, 6) is 0.